The lowest BCUT2D eigenvalue weighted by atomic mass is 9.84. The Morgan fingerprint density at radius 2 is 1.95 bits per heavy atom. The molecule has 118 valence electrons. The molecule has 4 unspecified atom stereocenters. The molecular weight excluding hydrogens is 276 g/mol. The van der Waals surface area contributed by atoms with Crippen molar-refractivity contribution in [2.45, 2.75) is 51.5 Å². The van der Waals surface area contributed by atoms with Crippen LogP contribution in [0.4, 0.5) is 0 Å². The lowest BCUT2D eigenvalue weighted by Gasteiger charge is -2.27. The van der Waals surface area contributed by atoms with Crippen molar-refractivity contribution in [2.75, 3.05) is 19.8 Å². The molecule has 2 fully saturated rings. The Kier molecular flexibility index (Phi) is 7.85. The van der Waals surface area contributed by atoms with Gasteiger partial charge in [-0.1, -0.05) is 13.3 Å². The number of fused-ring (bicyclic) bond motifs is 2. The summed E-state index contributed by atoms with van der Waals surface area (Å²) in [7, 11) is 0. The van der Waals surface area contributed by atoms with Crippen molar-refractivity contribution in [3.05, 3.63) is 0 Å². The Labute approximate surface area is 128 Å². The second kappa shape index (κ2) is 8.85. The summed E-state index contributed by atoms with van der Waals surface area (Å²) in [6.07, 6.45) is 6.76. The number of halogens is 1. The zero-order valence-electron chi connectivity index (χ0n) is 12.5. The highest BCUT2D eigenvalue weighted by atomic mass is 35.5. The first-order valence-electron chi connectivity index (χ1n) is 7.85. The third kappa shape index (κ3) is 4.34. The summed E-state index contributed by atoms with van der Waals surface area (Å²) in [5.74, 6) is 1.38. The SMILES string of the molecule is CCCCOCCCNC(=O)C1C2CCC(C2)C1N.Cl. The fourth-order valence-electron chi connectivity index (χ4n) is 3.58. The second-order valence-corrected chi connectivity index (χ2v) is 6.05. The third-order valence-corrected chi connectivity index (χ3v) is 4.69. The smallest absolute Gasteiger partial charge is 0.224 e. The average molecular weight is 305 g/mol. The Morgan fingerprint density at radius 1 is 1.25 bits per heavy atom. The summed E-state index contributed by atoms with van der Waals surface area (Å²) in [5.41, 5.74) is 6.16. The van der Waals surface area contributed by atoms with E-state index in [1.165, 1.54) is 25.7 Å². The largest absolute Gasteiger partial charge is 0.381 e. The van der Waals surface area contributed by atoms with Crippen LogP contribution in [0.2, 0.25) is 0 Å². The Bertz CT molecular complexity index is 300. The fourth-order valence-corrected chi connectivity index (χ4v) is 3.58. The molecule has 4 nitrogen and oxygen atoms in total. The van der Waals surface area contributed by atoms with Crippen LogP contribution in [0.5, 0.6) is 0 Å². The Hall–Kier alpha value is -0.320. The number of nitrogens with two attached hydrogens (primary N) is 1. The van der Waals surface area contributed by atoms with E-state index < -0.39 is 0 Å². The van der Waals surface area contributed by atoms with Gasteiger partial charge in [-0.3, -0.25) is 4.79 Å². The van der Waals surface area contributed by atoms with Gasteiger partial charge in [-0.2, -0.15) is 0 Å². The molecule has 2 rings (SSSR count). The summed E-state index contributed by atoms with van der Waals surface area (Å²) >= 11 is 0. The highest BCUT2D eigenvalue weighted by Gasteiger charge is 2.48. The highest BCUT2D eigenvalue weighted by Crippen LogP contribution is 2.47. The van der Waals surface area contributed by atoms with Gasteiger partial charge in [0.1, 0.15) is 0 Å². The van der Waals surface area contributed by atoms with E-state index in [1.807, 2.05) is 0 Å². The number of carbonyl (C=O) groups is 1. The maximum absolute atomic E-state index is 12.1. The van der Waals surface area contributed by atoms with Gasteiger partial charge in [0.25, 0.3) is 0 Å². The Morgan fingerprint density at radius 3 is 2.60 bits per heavy atom. The van der Waals surface area contributed by atoms with Gasteiger partial charge in [-0.05, 0) is 43.9 Å². The zero-order valence-corrected chi connectivity index (χ0v) is 13.3. The number of unbranched alkanes of at least 4 members (excludes halogenated alkanes) is 1. The van der Waals surface area contributed by atoms with Gasteiger partial charge in [-0.25, -0.2) is 0 Å². The van der Waals surface area contributed by atoms with Crippen LogP contribution in [0.1, 0.15) is 45.4 Å². The van der Waals surface area contributed by atoms with Gasteiger partial charge in [0.15, 0.2) is 0 Å². The summed E-state index contributed by atoms with van der Waals surface area (Å²) in [4.78, 5) is 12.1. The number of ether oxygens (including phenoxy) is 1. The van der Waals surface area contributed by atoms with E-state index in [9.17, 15) is 4.79 Å². The summed E-state index contributed by atoms with van der Waals surface area (Å²) in [6.45, 7) is 4.44. The monoisotopic (exact) mass is 304 g/mol. The van der Waals surface area contributed by atoms with E-state index >= 15 is 0 Å². The van der Waals surface area contributed by atoms with Crippen molar-refractivity contribution < 1.29 is 9.53 Å². The minimum absolute atomic E-state index is 0. The van der Waals surface area contributed by atoms with Crippen LogP contribution in [0.3, 0.4) is 0 Å². The maximum atomic E-state index is 12.1. The molecule has 4 atom stereocenters. The number of hydrogen-bond donors (Lipinski definition) is 2. The quantitative estimate of drug-likeness (QED) is 0.675. The molecule has 20 heavy (non-hydrogen) atoms. The standard InChI is InChI=1S/C15H28N2O2.ClH/c1-2-3-8-19-9-4-7-17-15(18)13-11-5-6-12(10-11)14(13)16;/h11-14H,2-10,16H2,1H3,(H,17,18);1H. The molecule has 0 heterocycles. The molecular formula is C15H29ClN2O2. The van der Waals surface area contributed by atoms with Crippen molar-refractivity contribution >= 4 is 18.3 Å². The van der Waals surface area contributed by atoms with E-state index in [4.69, 9.17) is 10.5 Å². The molecule has 1 amide bonds. The number of amides is 1. The number of rotatable bonds is 8. The fraction of sp³-hybridized carbons (Fsp3) is 0.933. The third-order valence-electron chi connectivity index (χ3n) is 4.69. The first-order chi connectivity index (χ1) is 9.24. The molecule has 0 radical (unpaired) electrons. The molecule has 0 aromatic rings. The van der Waals surface area contributed by atoms with Crippen LogP contribution in [-0.2, 0) is 9.53 Å². The summed E-state index contributed by atoms with van der Waals surface area (Å²) in [5, 5.41) is 3.03. The van der Waals surface area contributed by atoms with Crippen molar-refractivity contribution in [2.24, 2.45) is 23.5 Å². The van der Waals surface area contributed by atoms with Gasteiger partial charge in [-0.15, -0.1) is 12.4 Å². The second-order valence-electron chi connectivity index (χ2n) is 6.05. The van der Waals surface area contributed by atoms with Crippen molar-refractivity contribution in [1.29, 1.82) is 0 Å². The molecule has 0 aromatic carbocycles. The minimum Gasteiger partial charge on any atom is -0.381 e. The van der Waals surface area contributed by atoms with Crippen LogP contribution < -0.4 is 11.1 Å². The number of nitrogens with one attached hydrogen (secondary N) is 1. The van der Waals surface area contributed by atoms with Crippen LogP contribution in [0.25, 0.3) is 0 Å². The molecule has 0 aliphatic heterocycles. The maximum Gasteiger partial charge on any atom is 0.224 e. The van der Waals surface area contributed by atoms with Crippen LogP contribution in [0, 0.1) is 17.8 Å². The molecule has 2 aliphatic carbocycles. The first-order valence-corrected chi connectivity index (χ1v) is 7.85. The Balaban J connectivity index is 0.00000200. The van der Waals surface area contributed by atoms with E-state index in [0.29, 0.717) is 18.4 Å². The zero-order chi connectivity index (χ0) is 13.7. The number of hydrogen-bond acceptors (Lipinski definition) is 3. The van der Waals surface area contributed by atoms with Crippen LogP contribution in [0.15, 0.2) is 0 Å². The molecule has 5 heteroatoms. The lowest BCUT2D eigenvalue weighted by molar-refractivity contribution is -0.127. The summed E-state index contributed by atoms with van der Waals surface area (Å²) in [6, 6.07) is 0.0968. The molecule has 3 N–H and O–H groups in total. The average Bonchev–Trinajstić information content (AvgIpc) is 2.98. The predicted octanol–water partition coefficient (Wildman–Crippen LogP) is 2.10. The predicted molar refractivity (Wildman–Crippen MR) is 82.9 cm³/mol. The normalized spacial score (nSPS) is 31.1. The highest BCUT2D eigenvalue weighted by molar-refractivity contribution is 5.85. The van der Waals surface area contributed by atoms with Gasteiger partial charge in [0, 0.05) is 25.8 Å². The molecule has 0 spiro atoms. The van der Waals surface area contributed by atoms with E-state index in [-0.39, 0.29) is 30.3 Å². The van der Waals surface area contributed by atoms with E-state index in [1.54, 1.807) is 0 Å². The molecule has 0 aromatic heterocycles. The van der Waals surface area contributed by atoms with E-state index in [2.05, 4.69) is 12.2 Å². The van der Waals surface area contributed by atoms with Gasteiger partial charge in [0.2, 0.25) is 5.91 Å². The molecule has 2 bridgehead atoms. The van der Waals surface area contributed by atoms with Crippen LogP contribution >= 0.6 is 12.4 Å². The number of carbonyl (C=O) groups excluding carboxylic acids is 1. The lowest BCUT2D eigenvalue weighted by Crippen LogP contribution is -2.45. The van der Waals surface area contributed by atoms with E-state index in [0.717, 1.165) is 26.1 Å². The molecule has 2 saturated carbocycles. The topological polar surface area (TPSA) is 64.3 Å². The van der Waals surface area contributed by atoms with Crippen LogP contribution in [-0.4, -0.2) is 31.7 Å². The van der Waals surface area contributed by atoms with Gasteiger partial charge in [0.05, 0.1) is 5.92 Å². The molecule has 0 saturated heterocycles. The summed E-state index contributed by atoms with van der Waals surface area (Å²) < 4.78 is 5.48. The minimum atomic E-state index is 0. The van der Waals surface area contributed by atoms with Crippen molar-refractivity contribution in [3.8, 4) is 0 Å². The molecule has 2 aliphatic rings. The van der Waals surface area contributed by atoms with Crippen molar-refractivity contribution in [1.82, 2.24) is 5.32 Å². The van der Waals surface area contributed by atoms with Gasteiger partial charge < -0.3 is 15.8 Å². The first kappa shape index (κ1) is 17.7. The van der Waals surface area contributed by atoms with Crippen molar-refractivity contribution in [3.63, 3.8) is 0 Å². The van der Waals surface area contributed by atoms with Gasteiger partial charge >= 0.3 is 0 Å².